The van der Waals surface area contributed by atoms with Crippen LogP contribution in [-0.4, -0.2) is 0 Å². The first-order chi connectivity index (χ1) is 31.7. The number of rotatable bonds is 7. The van der Waals surface area contributed by atoms with Gasteiger partial charge in [-0.3, -0.25) is 0 Å². The maximum absolute atomic E-state index is 6.63. The molecule has 0 N–H and O–H groups in total. The average molecular weight is 836 g/mol. The molecule has 0 saturated carbocycles. The van der Waals surface area contributed by atoms with Crippen LogP contribution < -0.4 is 4.90 Å². The van der Waals surface area contributed by atoms with Crippen LogP contribution in [0.3, 0.4) is 0 Å². The van der Waals surface area contributed by atoms with Crippen molar-refractivity contribution in [2.45, 2.75) is 0 Å². The highest BCUT2D eigenvalue weighted by atomic mass is 32.1. The Morgan fingerprint density at radius 1 is 0.297 bits per heavy atom. The second kappa shape index (κ2) is 14.7. The molecule has 0 aliphatic heterocycles. The summed E-state index contributed by atoms with van der Waals surface area (Å²) in [5.74, 6) is 0. The Morgan fingerprint density at radius 2 is 0.828 bits per heavy atom. The van der Waals surface area contributed by atoms with Crippen LogP contribution in [0, 0.1) is 0 Å². The molecule has 0 saturated heterocycles. The molecule has 0 unspecified atom stereocenters. The van der Waals surface area contributed by atoms with E-state index in [1.165, 1.54) is 31.3 Å². The fraction of sp³-hybridized carbons (Fsp3) is 0. The van der Waals surface area contributed by atoms with Crippen molar-refractivity contribution in [3.05, 3.63) is 224 Å². The molecular formula is C60H37NO2S. The lowest BCUT2D eigenvalue weighted by atomic mass is 9.98. The summed E-state index contributed by atoms with van der Waals surface area (Å²) in [4.78, 5) is 2.35. The van der Waals surface area contributed by atoms with Crippen molar-refractivity contribution in [2.75, 3.05) is 4.90 Å². The summed E-state index contributed by atoms with van der Waals surface area (Å²) >= 11 is 1.86. The molecule has 0 amide bonds. The zero-order valence-corrected chi connectivity index (χ0v) is 35.4. The van der Waals surface area contributed by atoms with E-state index < -0.39 is 0 Å². The van der Waals surface area contributed by atoms with Crippen molar-refractivity contribution in [2.24, 2.45) is 0 Å². The molecule has 13 aromatic rings. The number of hydrogen-bond donors (Lipinski definition) is 0. The first-order valence-corrected chi connectivity index (χ1v) is 22.5. The lowest BCUT2D eigenvalue weighted by molar-refractivity contribution is 0.669. The highest BCUT2D eigenvalue weighted by molar-refractivity contribution is 7.25. The largest absolute Gasteiger partial charge is 0.456 e. The van der Waals surface area contributed by atoms with Gasteiger partial charge in [-0.25, -0.2) is 0 Å². The summed E-state index contributed by atoms with van der Waals surface area (Å²) in [5, 5.41) is 7.13. The fourth-order valence-corrected chi connectivity index (χ4v) is 10.8. The molecule has 3 heterocycles. The molecule has 0 aliphatic carbocycles. The number of furan rings is 2. The van der Waals surface area contributed by atoms with E-state index in [2.05, 4.69) is 211 Å². The van der Waals surface area contributed by atoms with Gasteiger partial charge in [-0.2, -0.15) is 0 Å². The second-order valence-electron chi connectivity index (χ2n) is 16.4. The fourth-order valence-electron chi connectivity index (χ4n) is 9.68. The Kier molecular flexibility index (Phi) is 8.40. The average Bonchev–Trinajstić information content (AvgIpc) is 4.06. The molecule has 4 heteroatoms. The van der Waals surface area contributed by atoms with Gasteiger partial charge in [0.15, 0.2) is 0 Å². The zero-order valence-electron chi connectivity index (χ0n) is 34.5. The molecule has 300 valence electrons. The molecule has 0 bridgehead atoms. The lowest BCUT2D eigenvalue weighted by Gasteiger charge is -2.26. The minimum atomic E-state index is 0.881. The van der Waals surface area contributed by atoms with E-state index in [9.17, 15) is 0 Å². The molecule has 13 rings (SSSR count). The van der Waals surface area contributed by atoms with E-state index in [4.69, 9.17) is 8.83 Å². The number of anilines is 3. The number of thiophene rings is 1. The highest BCUT2D eigenvalue weighted by Crippen LogP contribution is 2.44. The predicted molar refractivity (Wildman–Crippen MR) is 270 cm³/mol. The summed E-state index contributed by atoms with van der Waals surface area (Å²) in [6, 6.07) is 80.3. The quantitative estimate of drug-likeness (QED) is 0.160. The summed E-state index contributed by atoms with van der Waals surface area (Å²) in [6.45, 7) is 0. The molecule has 0 fully saturated rings. The molecule has 0 atom stereocenters. The van der Waals surface area contributed by atoms with Crippen molar-refractivity contribution in [3.8, 4) is 44.5 Å². The SMILES string of the molecule is c1ccc(-c2cccc3c2oc2cc(-c4ccc(N(c5ccc(-c6cccc7oc8ccccc8c67)cc5)c5ccc(-c6cccc7sc8ccccc8c67)cc5)cc4)ccc23)cc1. The van der Waals surface area contributed by atoms with Crippen LogP contribution in [0.1, 0.15) is 0 Å². The third-order valence-corrected chi connectivity index (χ3v) is 13.9. The van der Waals surface area contributed by atoms with Gasteiger partial charge in [-0.15, -0.1) is 11.3 Å². The third-order valence-electron chi connectivity index (χ3n) is 12.7. The zero-order chi connectivity index (χ0) is 42.1. The first kappa shape index (κ1) is 36.5. The van der Waals surface area contributed by atoms with Crippen molar-refractivity contribution in [1.29, 1.82) is 0 Å². The van der Waals surface area contributed by atoms with Crippen LogP contribution in [0.25, 0.3) is 109 Å². The van der Waals surface area contributed by atoms with Crippen LogP contribution in [0.5, 0.6) is 0 Å². The normalized spacial score (nSPS) is 11.8. The maximum atomic E-state index is 6.63. The van der Waals surface area contributed by atoms with Gasteiger partial charge in [0, 0.05) is 64.3 Å². The van der Waals surface area contributed by atoms with Crippen LogP contribution in [0.2, 0.25) is 0 Å². The summed E-state index contributed by atoms with van der Waals surface area (Å²) < 4.78 is 15.5. The van der Waals surface area contributed by atoms with Gasteiger partial charge in [-0.05, 0) is 112 Å². The monoisotopic (exact) mass is 835 g/mol. The molecule has 10 aromatic carbocycles. The first-order valence-electron chi connectivity index (χ1n) is 21.6. The van der Waals surface area contributed by atoms with Crippen molar-refractivity contribution >= 4 is 92.4 Å². The van der Waals surface area contributed by atoms with Gasteiger partial charge in [0.05, 0.1) is 0 Å². The van der Waals surface area contributed by atoms with E-state index in [1.54, 1.807) is 0 Å². The lowest BCUT2D eigenvalue weighted by Crippen LogP contribution is -2.09. The summed E-state index contributed by atoms with van der Waals surface area (Å²) in [7, 11) is 0. The van der Waals surface area contributed by atoms with E-state index >= 15 is 0 Å². The Morgan fingerprint density at radius 3 is 1.58 bits per heavy atom. The highest BCUT2D eigenvalue weighted by Gasteiger charge is 2.18. The molecule has 3 aromatic heterocycles. The molecule has 0 radical (unpaired) electrons. The van der Waals surface area contributed by atoms with Crippen LogP contribution >= 0.6 is 11.3 Å². The van der Waals surface area contributed by atoms with Crippen LogP contribution in [-0.2, 0) is 0 Å². The topological polar surface area (TPSA) is 29.5 Å². The maximum Gasteiger partial charge on any atom is 0.143 e. The number of fused-ring (bicyclic) bond motifs is 9. The Bertz CT molecular complexity index is 3720. The standard InChI is InChI=1S/C60H37NO2S/c1-2-11-39(12-3-1)48-17-8-18-50-49-36-29-42(37-55(49)63-60(48)50)38-23-30-43(31-24-38)61(44-32-25-40(26-33-44)46-15-9-20-54-58(46)51-13-4-6-19-53(51)62-54)45-34-27-41(28-35-45)47-16-10-22-57-59(47)52-14-5-7-21-56(52)64-57/h1-37H. The molecule has 64 heavy (non-hydrogen) atoms. The van der Waals surface area contributed by atoms with E-state index in [0.29, 0.717) is 0 Å². The van der Waals surface area contributed by atoms with Gasteiger partial charge < -0.3 is 13.7 Å². The van der Waals surface area contributed by atoms with Gasteiger partial charge in [0.2, 0.25) is 0 Å². The van der Waals surface area contributed by atoms with Gasteiger partial charge in [0.25, 0.3) is 0 Å². The minimum absolute atomic E-state index is 0.881. The van der Waals surface area contributed by atoms with Crippen LogP contribution in [0.4, 0.5) is 17.1 Å². The molecular weight excluding hydrogens is 799 g/mol. The summed E-state index contributed by atoms with van der Waals surface area (Å²) in [6.07, 6.45) is 0. The second-order valence-corrected chi connectivity index (χ2v) is 17.5. The Balaban J connectivity index is 0.894. The Hall–Kier alpha value is -8.18. The van der Waals surface area contributed by atoms with E-state index in [-0.39, 0.29) is 0 Å². The smallest absolute Gasteiger partial charge is 0.143 e. The molecule has 3 nitrogen and oxygen atoms in total. The molecule has 0 aliphatic rings. The van der Waals surface area contributed by atoms with Gasteiger partial charge in [0.1, 0.15) is 22.3 Å². The molecule has 0 spiro atoms. The summed E-state index contributed by atoms with van der Waals surface area (Å²) in [5.41, 5.74) is 16.0. The number of hydrogen-bond acceptors (Lipinski definition) is 4. The number of nitrogens with zero attached hydrogens (tertiary/aromatic N) is 1. The minimum Gasteiger partial charge on any atom is -0.456 e. The number of benzene rings is 10. The van der Waals surface area contributed by atoms with Gasteiger partial charge >= 0.3 is 0 Å². The van der Waals surface area contributed by atoms with Crippen molar-refractivity contribution < 1.29 is 8.83 Å². The van der Waals surface area contributed by atoms with Gasteiger partial charge in [-0.1, -0.05) is 152 Å². The van der Waals surface area contributed by atoms with E-state index in [0.717, 1.165) is 94.3 Å². The number of para-hydroxylation sites is 2. The van der Waals surface area contributed by atoms with Crippen molar-refractivity contribution in [1.82, 2.24) is 0 Å². The van der Waals surface area contributed by atoms with Crippen molar-refractivity contribution in [3.63, 3.8) is 0 Å². The predicted octanol–water partition coefficient (Wildman–Crippen LogP) is 18.0. The van der Waals surface area contributed by atoms with Crippen LogP contribution in [0.15, 0.2) is 233 Å². The Labute approximate surface area is 373 Å². The third kappa shape index (κ3) is 5.95. The van der Waals surface area contributed by atoms with E-state index in [1.807, 2.05) is 29.5 Å².